The summed E-state index contributed by atoms with van der Waals surface area (Å²) in [4.78, 5) is 11.3. The second-order valence-electron chi connectivity index (χ2n) is 5.43. The van der Waals surface area contributed by atoms with E-state index in [0.29, 0.717) is 18.9 Å². The third-order valence-corrected chi connectivity index (χ3v) is 3.14. The highest BCUT2D eigenvalue weighted by molar-refractivity contribution is 5.90. The van der Waals surface area contributed by atoms with Crippen LogP contribution in [0.25, 0.3) is 0 Å². The van der Waals surface area contributed by atoms with Gasteiger partial charge in [0.25, 0.3) is 0 Å². The van der Waals surface area contributed by atoms with E-state index >= 15 is 0 Å². The molecule has 1 amide bonds. The molecular weight excluding hydrogens is 252 g/mol. The first-order chi connectivity index (χ1) is 9.52. The lowest BCUT2D eigenvalue weighted by atomic mass is 10.1. The summed E-state index contributed by atoms with van der Waals surface area (Å²) in [5.41, 5.74) is 1.62. The van der Waals surface area contributed by atoms with Crippen LogP contribution in [-0.2, 0) is 4.79 Å². The van der Waals surface area contributed by atoms with Crippen LogP contribution in [-0.4, -0.2) is 24.1 Å². The Labute approximate surface area is 121 Å². The Balaban J connectivity index is 2.41. The van der Waals surface area contributed by atoms with E-state index in [4.69, 9.17) is 0 Å². The van der Waals surface area contributed by atoms with Crippen LogP contribution in [0.15, 0.2) is 24.3 Å². The average molecular weight is 278 g/mol. The van der Waals surface area contributed by atoms with Crippen molar-refractivity contribution in [3.63, 3.8) is 0 Å². The largest absolute Gasteiger partial charge is 0.387 e. The number of hydrogen-bond donors (Lipinski definition) is 3. The quantitative estimate of drug-likeness (QED) is 0.641. The van der Waals surface area contributed by atoms with E-state index in [1.807, 2.05) is 31.2 Å². The molecule has 0 saturated heterocycles. The molecule has 0 radical (unpaired) electrons. The summed E-state index contributed by atoms with van der Waals surface area (Å²) in [5, 5.41) is 16.1. The van der Waals surface area contributed by atoms with Crippen LogP contribution in [0.5, 0.6) is 0 Å². The number of anilines is 1. The molecule has 1 unspecified atom stereocenters. The van der Waals surface area contributed by atoms with Crippen molar-refractivity contribution in [3.05, 3.63) is 29.8 Å². The maximum atomic E-state index is 11.3. The maximum Gasteiger partial charge on any atom is 0.224 e. The Morgan fingerprint density at radius 1 is 1.25 bits per heavy atom. The van der Waals surface area contributed by atoms with Crippen LogP contribution in [0.3, 0.4) is 0 Å². The molecule has 0 fully saturated rings. The first kappa shape index (κ1) is 16.7. The lowest BCUT2D eigenvalue weighted by Crippen LogP contribution is -2.23. The first-order valence-corrected chi connectivity index (χ1v) is 7.31. The molecule has 112 valence electrons. The molecular formula is C16H26N2O2. The van der Waals surface area contributed by atoms with Gasteiger partial charge in [0.2, 0.25) is 5.91 Å². The van der Waals surface area contributed by atoms with Gasteiger partial charge in [0.1, 0.15) is 0 Å². The molecule has 0 aliphatic carbocycles. The van der Waals surface area contributed by atoms with E-state index in [9.17, 15) is 9.90 Å². The number of aliphatic hydroxyl groups excluding tert-OH is 1. The topological polar surface area (TPSA) is 61.4 Å². The van der Waals surface area contributed by atoms with Gasteiger partial charge in [0, 0.05) is 18.7 Å². The summed E-state index contributed by atoms with van der Waals surface area (Å²) >= 11 is 0. The molecule has 0 spiro atoms. The molecule has 1 aromatic rings. The van der Waals surface area contributed by atoms with Gasteiger partial charge in [-0.15, -0.1) is 0 Å². The summed E-state index contributed by atoms with van der Waals surface area (Å²) in [5.74, 6) is 0.662. The summed E-state index contributed by atoms with van der Waals surface area (Å²) in [7, 11) is 0. The van der Waals surface area contributed by atoms with Crippen LogP contribution in [0.2, 0.25) is 0 Å². The minimum absolute atomic E-state index is 0.00588. The van der Waals surface area contributed by atoms with Gasteiger partial charge in [-0.25, -0.2) is 0 Å². The Morgan fingerprint density at radius 3 is 2.45 bits per heavy atom. The lowest BCUT2D eigenvalue weighted by Gasteiger charge is -2.13. The van der Waals surface area contributed by atoms with Crippen molar-refractivity contribution in [1.29, 1.82) is 0 Å². The van der Waals surface area contributed by atoms with E-state index < -0.39 is 6.10 Å². The summed E-state index contributed by atoms with van der Waals surface area (Å²) in [6.45, 7) is 7.64. The van der Waals surface area contributed by atoms with Crippen molar-refractivity contribution in [2.75, 3.05) is 18.4 Å². The van der Waals surface area contributed by atoms with E-state index in [2.05, 4.69) is 24.5 Å². The number of nitrogens with one attached hydrogen (secondary N) is 2. The molecule has 1 atom stereocenters. The van der Waals surface area contributed by atoms with Crippen molar-refractivity contribution in [3.8, 4) is 0 Å². The minimum atomic E-state index is -0.516. The number of benzene rings is 1. The Hall–Kier alpha value is -1.39. The first-order valence-electron chi connectivity index (χ1n) is 7.31. The number of carbonyl (C=O) groups is 1. The maximum absolute atomic E-state index is 11.3. The fraction of sp³-hybridized carbons (Fsp3) is 0.562. The van der Waals surface area contributed by atoms with Gasteiger partial charge in [-0.1, -0.05) is 32.9 Å². The zero-order valence-corrected chi connectivity index (χ0v) is 12.6. The molecule has 0 aromatic heterocycles. The van der Waals surface area contributed by atoms with Crippen molar-refractivity contribution < 1.29 is 9.90 Å². The fourth-order valence-corrected chi connectivity index (χ4v) is 1.79. The zero-order valence-electron chi connectivity index (χ0n) is 12.6. The molecule has 20 heavy (non-hydrogen) atoms. The predicted molar refractivity (Wildman–Crippen MR) is 82.6 cm³/mol. The van der Waals surface area contributed by atoms with Crippen molar-refractivity contribution in [2.45, 2.75) is 39.7 Å². The number of rotatable bonds is 8. The third kappa shape index (κ3) is 6.17. The van der Waals surface area contributed by atoms with Crippen LogP contribution < -0.4 is 10.6 Å². The molecule has 1 rings (SSSR count). The summed E-state index contributed by atoms with van der Waals surface area (Å²) < 4.78 is 0. The molecule has 0 aliphatic rings. The molecule has 0 heterocycles. The monoisotopic (exact) mass is 278 g/mol. The smallest absolute Gasteiger partial charge is 0.224 e. The number of aliphatic hydroxyl groups is 1. The van der Waals surface area contributed by atoms with Gasteiger partial charge in [0.15, 0.2) is 0 Å². The van der Waals surface area contributed by atoms with E-state index in [1.165, 1.54) is 0 Å². The van der Waals surface area contributed by atoms with Gasteiger partial charge >= 0.3 is 0 Å². The average Bonchev–Trinajstić information content (AvgIpc) is 2.43. The molecule has 0 aliphatic heterocycles. The van der Waals surface area contributed by atoms with Crippen LogP contribution in [0, 0.1) is 5.92 Å². The van der Waals surface area contributed by atoms with Gasteiger partial charge in [0.05, 0.1) is 6.10 Å². The fourth-order valence-electron chi connectivity index (χ4n) is 1.79. The standard InChI is InChI=1S/C16H26N2O2/c1-4-16(20)18-14-7-5-13(6-8-14)15(19)11-17-10-9-12(2)3/h5-8,12,15,17,19H,4,9-11H2,1-3H3,(H,18,20). The Bertz CT molecular complexity index is 401. The second kappa shape index (κ2) is 8.72. The summed E-state index contributed by atoms with van der Waals surface area (Å²) in [6.07, 6.45) is 1.05. The van der Waals surface area contributed by atoms with Gasteiger partial charge in [-0.3, -0.25) is 4.79 Å². The van der Waals surface area contributed by atoms with Gasteiger partial charge < -0.3 is 15.7 Å². The van der Waals surface area contributed by atoms with Crippen molar-refractivity contribution in [1.82, 2.24) is 5.32 Å². The van der Waals surface area contributed by atoms with E-state index in [1.54, 1.807) is 0 Å². The zero-order chi connectivity index (χ0) is 15.0. The summed E-state index contributed by atoms with van der Waals surface area (Å²) in [6, 6.07) is 7.33. The molecule has 3 N–H and O–H groups in total. The SMILES string of the molecule is CCC(=O)Nc1ccc(C(O)CNCCC(C)C)cc1. The minimum Gasteiger partial charge on any atom is -0.387 e. The van der Waals surface area contributed by atoms with Crippen LogP contribution in [0.4, 0.5) is 5.69 Å². The predicted octanol–water partition coefficient (Wildman–Crippen LogP) is 2.70. The van der Waals surface area contributed by atoms with E-state index in [-0.39, 0.29) is 5.91 Å². The normalized spacial score (nSPS) is 12.4. The lowest BCUT2D eigenvalue weighted by molar-refractivity contribution is -0.115. The molecule has 0 bridgehead atoms. The van der Waals surface area contributed by atoms with E-state index in [0.717, 1.165) is 24.2 Å². The highest BCUT2D eigenvalue weighted by Gasteiger charge is 2.07. The molecule has 4 heteroatoms. The highest BCUT2D eigenvalue weighted by atomic mass is 16.3. The van der Waals surface area contributed by atoms with Crippen molar-refractivity contribution in [2.24, 2.45) is 5.92 Å². The number of carbonyl (C=O) groups excluding carboxylic acids is 1. The highest BCUT2D eigenvalue weighted by Crippen LogP contribution is 2.16. The van der Waals surface area contributed by atoms with Gasteiger partial charge in [-0.2, -0.15) is 0 Å². The number of amides is 1. The molecule has 4 nitrogen and oxygen atoms in total. The molecule has 1 aromatic carbocycles. The third-order valence-electron chi connectivity index (χ3n) is 3.14. The van der Waals surface area contributed by atoms with Crippen LogP contribution >= 0.6 is 0 Å². The van der Waals surface area contributed by atoms with Crippen LogP contribution in [0.1, 0.15) is 45.3 Å². The molecule has 0 saturated carbocycles. The Morgan fingerprint density at radius 2 is 1.90 bits per heavy atom. The number of hydrogen-bond acceptors (Lipinski definition) is 3. The van der Waals surface area contributed by atoms with Gasteiger partial charge in [-0.05, 0) is 36.6 Å². The second-order valence-corrected chi connectivity index (χ2v) is 5.43. The Kier molecular flexibility index (Phi) is 7.26. The van der Waals surface area contributed by atoms with Crippen molar-refractivity contribution >= 4 is 11.6 Å².